The normalized spacial score (nSPS) is 14.6. The van der Waals surface area contributed by atoms with Crippen LogP contribution in [0, 0.1) is 20.8 Å². The van der Waals surface area contributed by atoms with Crippen molar-refractivity contribution in [2.45, 2.75) is 34.0 Å². The molecule has 0 radical (unpaired) electrons. The lowest BCUT2D eigenvalue weighted by Gasteiger charge is -2.34. The average Bonchev–Trinajstić information content (AvgIpc) is 3.25. The number of aryl methyl sites for hydroxylation is 3. The van der Waals surface area contributed by atoms with Crippen molar-refractivity contribution in [3.8, 4) is 5.75 Å². The van der Waals surface area contributed by atoms with E-state index < -0.39 is 0 Å². The third kappa shape index (κ3) is 5.33. The number of nitrogens with zero attached hydrogens (tertiary/aromatic N) is 4. The fourth-order valence-electron chi connectivity index (χ4n) is 3.77. The number of carbonyl (C=O) groups excluding carboxylic acids is 1. The fourth-order valence-corrected chi connectivity index (χ4v) is 3.77. The lowest BCUT2D eigenvalue weighted by Crippen LogP contribution is -2.48. The van der Waals surface area contributed by atoms with Gasteiger partial charge in [-0.2, -0.15) is 5.10 Å². The van der Waals surface area contributed by atoms with Crippen molar-refractivity contribution < 1.29 is 9.53 Å². The maximum Gasteiger partial charge on any atom is 0.274 e. The number of hydrogen-bond donors (Lipinski definition) is 0. The minimum atomic E-state index is -0.0135. The molecular formula is C25H30N4O2. The number of hydrogen-bond acceptors (Lipinski definition) is 4. The van der Waals surface area contributed by atoms with E-state index in [1.807, 2.05) is 30.9 Å². The maximum atomic E-state index is 12.9. The van der Waals surface area contributed by atoms with E-state index in [0.717, 1.165) is 49.6 Å². The smallest absolute Gasteiger partial charge is 0.274 e. The van der Waals surface area contributed by atoms with E-state index in [2.05, 4.69) is 47.3 Å². The van der Waals surface area contributed by atoms with Crippen molar-refractivity contribution in [1.82, 2.24) is 19.6 Å². The van der Waals surface area contributed by atoms with Gasteiger partial charge in [-0.25, -0.2) is 4.68 Å². The SMILES string of the molecule is Cc1ccc(CN2CCN(C(=O)c3ccn(COc4cc(C)ccc4C)n3)CC2)cc1. The van der Waals surface area contributed by atoms with Gasteiger partial charge >= 0.3 is 0 Å². The van der Waals surface area contributed by atoms with Crippen LogP contribution >= 0.6 is 0 Å². The zero-order valence-electron chi connectivity index (χ0n) is 18.5. The molecule has 6 nitrogen and oxygen atoms in total. The Bertz CT molecular complexity index is 1030. The number of rotatable bonds is 6. The first kappa shape index (κ1) is 21.1. The van der Waals surface area contributed by atoms with Crippen LogP contribution in [0.3, 0.4) is 0 Å². The Morgan fingerprint density at radius 1 is 0.935 bits per heavy atom. The third-order valence-corrected chi connectivity index (χ3v) is 5.74. The summed E-state index contributed by atoms with van der Waals surface area (Å²) < 4.78 is 7.56. The van der Waals surface area contributed by atoms with Crippen molar-refractivity contribution in [1.29, 1.82) is 0 Å². The summed E-state index contributed by atoms with van der Waals surface area (Å²) in [6.07, 6.45) is 1.80. The van der Waals surface area contributed by atoms with E-state index in [0.29, 0.717) is 5.69 Å². The van der Waals surface area contributed by atoms with Crippen LogP contribution in [0.4, 0.5) is 0 Å². The molecule has 31 heavy (non-hydrogen) atoms. The highest BCUT2D eigenvalue weighted by Crippen LogP contribution is 2.19. The van der Waals surface area contributed by atoms with Crippen LogP contribution in [0.5, 0.6) is 5.75 Å². The van der Waals surface area contributed by atoms with E-state index >= 15 is 0 Å². The molecule has 2 aromatic carbocycles. The molecule has 0 unspecified atom stereocenters. The monoisotopic (exact) mass is 418 g/mol. The van der Waals surface area contributed by atoms with E-state index in [1.54, 1.807) is 16.9 Å². The van der Waals surface area contributed by atoms with Gasteiger partial charge in [0.1, 0.15) is 5.75 Å². The van der Waals surface area contributed by atoms with Gasteiger partial charge in [0, 0.05) is 38.9 Å². The number of benzene rings is 2. The molecule has 1 aliphatic heterocycles. The molecule has 1 fully saturated rings. The Morgan fingerprint density at radius 2 is 1.65 bits per heavy atom. The summed E-state index contributed by atoms with van der Waals surface area (Å²) in [7, 11) is 0. The quantitative estimate of drug-likeness (QED) is 0.611. The fraction of sp³-hybridized carbons (Fsp3) is 0.360. The average molecular weight is 419 g/mol. The van der Waals surface area contributed by atoms with Crippen LogP contribution < -0.4 is 4.74 Å². The van der Waals surface area contributed by atoms with Crippen molar-refractivity contribution >= 4 is 5.91 Å². The van der Waals surface area contributed by atoms with Crippen molar-refractivity contribution in [3.63, 3.8) is 0 Å². The van der Waals surface area contributed by atoms with Gasteiger partial charge in [-0.05, 0) is 49.6 Å². The number of aromatic nitrogens is 2. The molecule has 162 valence electrons. The van der Waals surface area contributed by atoms with Crippen molar-refractivity contribution in [2.24, 2.45) is 0 Å². The van der Waals surface area contributed by atoms with Gasteiger partial charge in [0.25, 0.3) is 5.91 Å². The molecule has 3 aromatic rings. The molecule has 1 saturated heterocycles. The van der Waals surface area contributed by atoms with Crippen molar-refractivity contribution in [3.05, 3.63) is 82.7 Å². The summed E-state index contributed by atoms with van der Waals surface area (Å²) in [6, 6.07) is 16.5. The van der Waals surface area contributed by atoms with Gasteiger partial charge in [0.15, 0.2) is 12.4 Å². The summed E-state index contributed by atoms with van der Waals surface area (Å²) >= 11 is 0. The molecule has 1 aliphatic rings. The first-order chi connectivity index (χ1) is 15.0. The maximum absolute atomic E-state index is 12.9. The summed E-state index contributed by atoms with van der Waals surface area (Å²) in [4.78, 5) is 17.2. The van der Waals surface area contributed by atoms with E-state index in [1.165, 1.54) is 11.1 Å². The minimum Gasteiger partial charge on any atom is -0.471 e. The first-order valence-electron chi connectivity index (χ1n) is 10.8. The molecule has 0 atom stereocenters. The summed E-state index contributed by atoms with van der Waals surface area (Å²) in [5.41, 5.74) is 5.29. The largest absolute Gasteiger partial charge is 0.471 e. The van der Waals surface area contributed by atoms with E-state index in [9.17, 15) is 4.79 Å². The topological polar surface area (TPSA) is 50.6 Å². The zero-order chi connectivity index (χ0) is 21.8. The van der Waals surface area contributed by atoms with Gasteiger partial charge in [-0.1, -0.05) is 42.0 Å². The first-order valence-corrected chi connectivity index (χ1v) is 10.8. The van der Waals surface area contributed by atoms with Crippen LogP contribution in [-0.2, 0) is 13.3 Å². The Morgan fingerprint density at radius 3 is 2.39 bits per heavy atom. The number of ether oxygens (including phenoxy) is 1. The molecule has 1 amide bonds. The van der Waals surface area contributed by atoms with Gasteiger partial charge in [0.2, 0.25) is 0 Å². The lowest BCUT2D eigenvalue weighted by atomic mass is 10.1. The standard InChI is InChI=1S/C25H30N4O2/c1-19-5-8-22(9-6-19)17-27-12-14-28(15-13-27)25(30)23-10-11-29(26-23)18-31-24-16-20(2)4-7-21(24)3/h4-11,16H,12-15,17-18H2,1-3H3. The van der Waals surface area contributed by atoms with Crippen LogP contribution in [0.1, 0.15) is 32.7 Å². The minimum absolute atomic E-state index is 0.0135. The predicted octanol–water partition coefficient (Wildman–Crippen LogP) is 3.80. The molecule has 1 aromatic heterocycles. The number of amides is 1. The van der Waals surface area contributed by atoms with Crippen LogP contribution in [0.15, 0.2) is 54.7 Å². The molecule has 0 saturated carbocycles. The molecular weight excluding hydrogens is 388 g/mol. The Kier molecular flexibility index (Phi) is 6.37. The second-order valence-corrected chi connectivity index (χ2v) is 8.34. The highest BCUT2D eigenvalue weighted by molar-refractivity contribution is 5.92. The molecule has 4 rings (SSSR count). The Labute approximate surface area is 184 Å². The summed E-state index contributed by atoms with van der Waals surface area (Å²) in [6.45, 7) is 10.5. The molecule has 2 heterocycles. The van der Waals surface area contributed by atoms with E-state index in [-0.39, 0.29) is 12.6 Å². The highest BCUT2D eigenvalue weighted by atomic mass is 16.5. The Hall–Kier alpha value is -3.12. The highest BCUT2D eigenvalue weighted by Gasteiger charge is 2.23. The third-order valence-electron chi connectivity index (χ3n) is 5.74. The molecule has 0 aliphatic carbocycles. The summed E-state index contributed by atoms with van der Waals surface area (Å²) in [5, 5.41) is 4.43. The van der Waals surface area contributed by atoms with E-state index in [4.69, 9.17) is 4.74 Å². The molecule has 0 spiro atoms. The second kappa shape index (κ2) is 9.35. The lowest BCUT2D eigenvalue weighted by molar-refractivity contribution is 0.0621. The van der Waals surface area contributed by atoms with Crippen LogP contribution in [0.2, 0.25) is 0 Å². The molecule has 6 heteroatoms. The van der Waals surface area contributed by atoms with Gasteiger partial charge < -0.3 is 9.64 Å². The van der Waals surface area contributed by atoms with Gasteiger partial charge in [-0.15, -0.1) is 0 Å². The number of carbonyl (C=O) groups is 1. The second-order valence-electron chi connectivity index (χ2n) is 8.34. The Balaban J connectivity index is 1.29. The summed E-state index contributed by atoms with van der Waals surface area (Å²) in [5.74, 6) is 0.827. The van der Waals surface area contributed by atoms with Crippen LogP contribution in [-0.4, -0.2) is 51.7 Å². The van der Waals surface area contributed by atoms with Crippen molar-refractivity contribution in [2.75, 3.05) is 26.2 Å². The zero-order valence-corrected chi connectivity index (χ0v) is 18.5. The van der Waals surface area contributed by atoms with Gasteiger partial charge in [0.05, 0.1) is 0 Å². The molecule has 0 bridgehead atoms. The van der Waals surface area contributed by atoms with Gasteiger partial charge in [-0.3, -0.25) is 9.69 Å². The van der Waals surface area contributed by atoms with Crippen LogP contribution in [0.25, 0.3) is 0 Å². The number of piperazine rings is 1. The molecule has 0 N–H and O–H groups in total. The predicted molar refractivity (Wildman–Crippen MR) is 121 cm³/mol.